The molecule has 0 bridgehead atoms. The molecule has 5 heteroatoms. The van der Waals surface area contributed by atoms with E-state index in [4.69, 9.17) is 0 Å². The van der Waals surface area contributed by atoms with Crippen molar-refractivity contribution >= 4 is 26.4 Å². The van der Waals surface area contributed by atoms with E-state index in [1.165, 1.54) is 0 Å². The number of phenolic OH excluding ortho intramolecular Hbond substituents is 1. The minimum atomic E-state index is -3.73. The molecule has 0 spiro atoms. The number of hydrogen-bond acceptors (Lipinski definition) is 3. The van der Waals surface area contributed by atoms with Crippen LogP contribution < -0.4 is 4.72 Å². The van der Waals surface area contributed by atoms with Crippen LogP contribution in [0.5, 0.6) is 5.75 Å². The Balaban J connectivity index is 1.77. The van der Waals surface area contributed by atoms with E-state index >= 15 is 0 Å². The van der Waals surface area contributed by atoms with Crippen LogP contribution in [0.25, 0.3) is 16.3 Å². The number of aromatic hydroxyl groups is 1. The maximum Gasteiger partial charge on any atom is 0.240 e. The van der Waals surface area contributed by atoms with Crippen LogP contribution in [0.3, 0.4) is 0 Å². The first-order valence-electron chi connectivity index (χ1n) is 10.4. The van der Waals surface area contributed by atoms with Gasteiger partial charge in [-0.1, -0.05) is 84.9 Å². The molecule has 162 valence electrons. The lowest BCUT2D eigenvalue weighted by atomic mass is 9.84. The summed E-state index contributed by atoms with van der Waals surface area (Å²) in [4.78, 5) is 0.203. The lowest BCUT2D eigenvalue weighted by Crippen LogP contribution is -2.29. The lowest BCUT2D eigenvalue weighted by molar-refractivity contribution is 0.466. The quantitative estimate of drug-likeness (QED) is 0.389. The first kappa shape index (κ1) is 21.8. The molecule has 4 nitrogen and oxygen atoms in total. The van der Waals surface area contributed by atoms with Gasteiger partial charge in [-0.25, -0.2) is 13.1 Å². The number of rotatable bonds is 7. The molecule has 0 saturated heterocycles. The summed E-state index contributed by atoms with van der Waals surface area (Å²) in [5, 5.41) is 12.7. The average Bonchev–Trinajstić information content (AvgIpc) is 2.81. The molecule has 0 aliphatic heterocycles. The summed E-state index contributed by atoms with van der Waals surface area (Å²) < 4.78 is 28.7. The summed E-state index contributed by atoms with van der Waals surface area (Å²) in [5.41, 5.74) is 3.26. The summed E-state index contributed by atoms with van der Waals surface area (Å²) in [6.45, 7) is 6.26. The molecule has 0 heterocycles. The van der Waals surface area contributed by atoms with Gasteiger partial charge in [-0.15, -0.1) is 0 Å². The summed E-state index contributed by atoms with van der Waals surface area (Å²) in [6, 6.07) is 27.6. The highest BCUT2D eigenvalue weighted by Gasteiger charge is 2.25. The van der Waals surface area contributed by atoms with E-state index in [0.717, 1.165) is 27.5 Å². The van der Waals surface area contributed by atoms with Crippen LogP contribution in [0, 0.1) is 6.92 Å². The Labute approximate surface area is 188 Å². The lowest BCUT2D eigenvalue weighted by Gasteiger charge is -2.24. The van der Waals surface area contributed by atoms with E-state index < -0.39 is 15.9 Å². The second-order valence-electron chi connectivity index (χ2n) is 7.83. The Bertz CT molecular complexity index is 1360. The zero-order chi connectivity index (χ0) is 22.7. The summed E-state index contributed by atoms with van der Waals surface area (Å²) in [5.74, 6) is -0.357. The first-order chi connectivity index (χ1) is 15.4. The molecule has 4 aromatic carbocycles. The first-order valence-corrected chi connectivity index (χ1v) is 11.9. The standard InChI is InChI=1S/C27H25NO3S/c1-19-12-15-23(16-13-19)32(30,31)28-18-25(20(2)21-8-4-3-5-9-21)27-24-11-7-6-10-22(24)14-17-26(27)29/h3-17,25,28-29H,2,18H2,1H3/t25-/m1/s1. The molecule has 0 amide bonds. The molecular formula is C27H25NO3S. The monoisotopic (exact) mass is 443 g/mol. The van der Waals surface area contributed by atoms with E-state index in [1.54, 1.807) is 30.3 Å². The number of fused-ring (bicyclic) bond motifs is 1. The molecule has 2 N–H and O–H groups in total. The van der Waals surface area contributed by atoms with Gasteiger partial charge in [-0.05, 0) is 47.0 Å². The van der Waals surface area contributed by atoms with Crippen LogP contribution in [0.2, 0.25) is 0 Å². The van der Waals surface area contributed by atoms with Crippen LogP contribution in [0.15, 0.2) is 102 Å². The van der Waals surface area contributed by atoms with Gasteiger partial charge in [-0.2, -0.15) is 0 Å². The molecule has 0 aliphatic rings. The number of phenols is 1. The van der Waals surface area contributed by atoms with E-state index in [2.05, 4.69) is 11.3 Å². The molecule has 4 rings (SSSR count). The van der Waals surface area contributed by atoms with Gasteiger partial charge in [0.05, 0.1) is 4.90 Å². The average molecular weight is 444 g/mol. The molecule has 0 aromatic heterocycles. The highest BCUT2D eigenvalue weighted by Crippen LogP contribution is 2.40. The third-order valence-electron chi connectivity index (χ3n) is 5.67. The van der Waals surface area contributed by atoms with Gasteiger partial charge in [0, 0.05) is 18.0 Å². The molecule has 0 unspecified atom stereocenters. The topological polar surface area (TPSA) is 66.4 Å². The number of benzene rings is 4. The van der Waals surface area contributed by atoms with E-state index in [-0.39, 0.29) is 17.2 Å². The molecule has 4 aromatic rings. The van der Waals surface area contributed by atoms with Crippen LogP contribution in [-0.2, 0) is 10.0 Å². The van der Waals surface area contributed by atoms with Crippen LogP contribution >= 0.6 is 0 Å². The SMILES string of the molecule is C=C(c1ccccc1)[C@@H](CNS(=O)(=O)c1ccc(C)cc1)c1c(O)ccc2ccccc12. The Morgan fingerprint density at radius 3 is 2.28 bits per heavy atom. The largest absolute Gasteiger partial charge is 0.508 e. The molecule has 0 radical (unpaired) electrons. The van der Waals surface area contributed by atoms with Gasteiger partial charge in [0.1, 0.15) is 5.75 Å². The Morgan fingerprint density at radius 1 is 0.906 bits per heavy atom. The van der Waals surface area contributed by atoms with Crippen molar-refractivity contribution in [1.82, 2.24) is 4.72 Å². The fraction of sp³-hybridized carbons (Fsp3) is 0.111. The van der Waals surface area contributed by atoms with Crippen molar-refractivity contribution in [2.45, 2.75) is 17.7 Å². The van der Waals surface area contributed by atoms with Crippen molar-refractivity contribution in [3.05, 3.63) is 114 Å². The molecule has 0 aliphatic carbocycles. The van der Waals surface area contributed by atoms with Gasteiger partial charge >= 0.3 is 0 Å². The maximum absolute atomic E-state index is 13.0. The minimum Gasteiger partial charge on any atom is -0.508 e. The van der Waals surface area contributed by atoms with Crippen molar-refractivity contribution in [3.63, 3.8) is 0 Å². The van der Waals surface area contributed by atoms with Crippen molar-refractivity contribution in [3.8, 4) is 5.75 Å². The van der Waals surface area contributed by atoms with E-state index in [1.807, 2.05) is 67.6 Å². The highest BCUT2D eigenvalue weighted by atomic mass is 32.2. The smallest absolute Gasteiger partial charge is 0.240 e. The fourth-order valence-electron chi connectivity index (χ4n) is 3.90. The highest BCUT2D eigenvalue weighted by molar-refractivity contribution is 7.89. The van der Waals surface area contributed by atoms with Crippen molar-refractivity contribution < 1.29 is 13.5 Å². The second kappa shape index (κ2) is 8.99. The Hall–Kier alpha value is -3.41. The van der Waals surface area contributed by atoms with Crippen LogP contribution in [0.1, 0.15) is 22.6 Å². The van der Waals surface area contributed by atoms with Gasteiger partial charge in [0.2, 0.25) is 10.0 Å². The molecule has 0 fully saturated rings. The van der Waals surface area contributed by atoms with Crippen molar-refractivity contribution in [2.75, 3.05) is 6.54 Å². The van der Waals surface area contributed by atoms with E-state index in [9.17, 15) is 13.5 Å². The fourth-order valence-corrected chi connectivity index (χ4v) is 4.94. The number of aryl methyl sites for hydroxylation is 1. The zero-order valence-electron chi connectivity index (χ0n) is 17.8. The molecule has 1 atom stereocenters. The van der Waals surface area contributed by atoms with Gasteiger partial charge < -0.3 is 5.11 Å². The van der Waals surface area contributed by atoms with Crippen molar-refractivity contribution in [1.29, 1.82) is 0 Å². The normalized spacial score (nSPS) is 12.5. The van der Waals surface area contributed by atoms with Gasteiger partial charge in [-0.3, -0.25) is 0 Å². The maximum atomic E-state index is 13.0. The summed E-state index contributed by atoms with van der Waals surface area (Å²) >= 11 is 0. The van der Waals surface area contributed by atoms with Crippen LogP contribution in [0.4, 0.5) is 0 Å². The Kier molecular flexibility index (Phi) is 6.12. The number of sulfonamides is 1. The van der Waals surface area contributed by atoms with Gasteiger partial charge in [0.15, 0.2) is 0 Å². The predicted octanol–water partition coefficient (Wildman–Crippen LogP) is 5.63. The van der Waals surface area contributed by atoms with Crippen LogP contribution in [-0.4, -0.2) is 20.1 Å². The second-order valence-corrected chi connectivity index (χ2v) is 9.60. The summed E-state index contributed by atoms with van der Waals surface area (Å²) in [6.07, 6.45) is 0. The van der Waals surface area contributed by atoms with Gasteiger partial charge in [0.25, 0.3) is 0 Å². The number of nitrogens with one attached hydrogen (secondary N) is 1. The third-order valence-corrected chi connectivity index (χ3v) is 7.11. The third kappa shape index (κ3) is 4.44. The molecule has 0 saturated carbocycles. The molecular weight excluding hydrogens is 418 g/mol. The number of hydrogen-bond donors (Lipinski definition) is 2. The van der Waals surface area contributed by atoms with E-state index in [0.29, 0.717) is 5.56 Å². The molecule has 32 heavy (non-hydrogen) atoms. The Morgan fingerprint density at radius 2 is 1.56 bits per heavy atom. The summed E-state index contributed by atoms with van der Waals surface area (Å²) in [7, 11) is -3.73. The van der Waals surface area contributed by atoms with Crippen molar-refractivity contribution in [2.24, 2.45) is 0 Å². The minimum absolute atomic E-state index is 0.0610. The predicted molar refractivity (Wildman–Crippen MR) is 130 cm³/mol. The zero-order valence-corrected chi connectivity index (χ0v) is 18.6.